The molecule has 0 atom stereocenters. The van der Waals surface area contributed by atoms with Crippen molar-refractivity contribution in [1.82, 2.24) is 9.80 Å². The second kappa shape index (κ2) is 8.57. The molecule has 0 aliphatic carbocycles. The summed E-state index contributed by atoms with van der Waals surface area (Å²) in [5.74, 6) is 1.15. The van der Waals surface area contributed by atoms with Crippen LogP contribution in [0.25, 0.3) is 6.08 Å². The number of ether oxygens (including phenoxy) is 2. The number of nitrogens with zero attached hydrogens (tertiary/aromatic N) is 3. The molecule has 26 heavy (non-hydrogen) atoms. The van der Waals surface area contributed by atoms with Gasteiger partial charge in [-0.15, -0.1) is 0 Å². The van der Waals surface area contributed by atoms with Crippen molar-refractivity contribution in [2.75, 3.05) is 53.6 Å². The number of carbonyl (C=O) groups is 1. The zero-order valence-corrected chi connectivity index (χ0v) is 15.8. The summed E-state index contributed by atoms with van der Waals surface area (Å²) in [4.78, 5) is 21.5. The average molecular weight is 377 g/mol. The van der Waals surface area contributed by atoms with Crippen LogP contribution in [0.4, 0.5) is 0 Å². The summed E-state index contributed by atoms with van der Waals surface area (Å²) >= 11 is 1.39. The molecule has 8 heteroatoms. The quantitative estimate of drug-likeness (QED) is 0.775. The van der Waals surface area contributed by atoms with Crippen molar-refractivity contribution in [3.63, 3.8) is 0 Å². The Bertz CT molecular complexity index is 727. The molecule has 0 spiro atoms. The van der Waals surface area contributed by atoms with E-state index < -0.39 is 0 Å². The second-order valence-electron chi connectivity index (χ2n) is 5.97. The molecule has 7 nitrogen and oxygen atoms in total. The summed E-state index contributed by atoms with van der Waals surface area (Å²) in [6.07, 6.45) is 1.80. The van der Waals surface area contributed by atoms with Gasteiger partial charge in [-0.1, -0.05) is 0 Å². The van der Waals surface area contributed by atoms with Gasteiger partial charge in [-0.3, -0.25) is 9.69 Å². The summed E-state index contributed by atoms with van der Waals surface area (Å²) in [6.45, 7) is 4.18. The van der Waals surface area contributed by atoms with Crippen LogP contribution in [0, 0.1) is 0 Å². The molecule has 1 amide bonds. The predicted octanol–water partition coefficient (Wildman–Crippen LogP) is 1.28. The third kappa shape index (κ3) is 4.20. The molecule has 1 fully saturated rings. The van der Waals surface area contributed by atoms with Crippen molar-refractivity contribution >= 4 is 28.9 Å². The molecule has 1 N–H and O–H groups in total. The van der Waals surface area contributed by atoms with Crippen molar-refractivity contribution in [1.29, 1.82) is 0 Å². The lowest BCUT2D eigenvalue weighted by Gasteiger charge is -2.34. The Hall–Kier alpha value is -2.03. The van der Waals surface area contributed by atoms with Crippen LogP contribution in [0.3, 0.4) is 0 Å². The highest BCUT2D eigenvalue weighted by Crippen LogP contribution is 2.33. The zero-order chi connectivity index (χ0) is 18.5. The van der Waals surface area contributed by atoms with E-state index in [0.29, 0.717) is 22.9 Å². The second-order valence-corrected chi connectivity index (χ2v) is 6.98. The lowest BCUT2D eigenvalue weighted by molar-refractivity contribution is -0.113. The third-order valence-electron chi connectivity index (χ3n) is 4.39. The molecule has 1 saturated heterocycles. The Morgan fingerprint density at radius 1 is 1.23 bits per heavy atom. The number of aliphatic hydroxyl groups is 1. The standard InChI is InChI=1S/C18H23N3O4S/c1-24-14-3-4-15(25-2)13(11-14)12-16-17(23)19-18(26-16)21-7-5-20(6-8-21)9-10-22/h3-4,11-12,22H,5-10H2,1-2H3/b16-12-. The predicted molar refractivity (Wildman–Crippen MR) is 103 cm³/mol. The van der Waals surface area contributed by atoms with E-state index in [1.54, 1.807) is 20.3 Å². The van der Waals surface area contributed by atoms with Crippen molar-refractivity contribution in [3.8, 4) is 11.5 Å². The highest BCUT2D eigenvalue weighted by atomic mass is 32.2. The highest BCUT2D eigenvalue weighted by Gasteiger charge is 2.28. The average Bonchev–Trinajstić information content (AvgIpc) is 3.03. The first-order valence-corrected chi connectivity index (χ1v) is 9.29. The molecule has 2 heterocycles. The summed E-state index contributed by atoms with van der Waals surface area (Å²) in [7, 11) is 3.20. The monoisotopic (exact) mass is 377 g/mol. The first-order chi connectivity index (χ1) is 12.6. The smallest absolute Gasteiger partial charge is 0.286 e. The number of amidine groups is 1. The maximum atomic E-state index is 12.3. The van der Waals surface area contributed by atoms with Crippen LogP contribution in [-0.2, 0) is 4.79 Å². The molecule has 0 unspecified atom stereocenters. The molecule has 1 aromatic rings. The van der Waals surface area contributed by atoms with Crippen LogP contribution in [-0.4, -0.2) is 79.5 Å². The number of carbonyl (C=O) groups excluding carboxylic acids is 1. The number of piperazine rings is 1. The summed E-state index contributed by atoms with van der Waals surface area (Å²) in [5, 5.41) is 9.77. The van der Waals surface area contributed by atoms with Crippen molar-refractivity contribution in [2.45, 2.75) is 0 Å². The molecule has 0 bridgehead atoms. The van der Waals surface area contributed by atoms with E-state index in [4.69, 9.17) is 14.6 Å². The number of aliphatic imine (C=N–C) groups is 1. The fourth-order valence-electron chi connectivity index (χ4n) is 2.93. The fourth-order valence-corrected chi connectivity index (χ4v) is 3.89. The molecule has 3 rings (SSSR count). The Balaban J connectivity index is 1.71. The lowest BCUT2D eigenvalue weighted by Crippen LogP contribution is -2.48. The molecule has 0 saturated carbocycles. The largest absolute Gasteiger partial charge is 0.497 e. The minimum atomic E-state index is -0.229. The van der Waals surface area contributed by atoms with E-state index in [-0.39, 0.29) is 12.5 Å². The van der Waals surface area contributed by atoms with Crippen LogP contribution in [0.15, 0.2) is 28.1 Å². The molecular weight excluding hydrogens is 354 g/mol. The number of hydrogen-bond acceptors (Lipinski definition) is 7. The van der Waals surface area contributed by atoms with Gasteiger partial charge < -0.3 is 19.5 Å². The molecule has 0 aromatic heterocycles. The number of β-amino-alcohol motifs (C(OH)–C–C–N with tert-alkyl or cyclic N) is 1. The van der Waals surface area contributed by atoms with E-state index >= 15 is 0 Å². The number of rotatable bonds is 5. The van der Waals surface area contributed by atoms with Crippen LogP contribution in [0.5, 0.6) is 11.5 Å². The van der Waals surface area contributed by atoms with Gasteiger partial charge in [0.2, 0.25) is 0 Å². The molecule has 0 radical (unpaired) electrons. The molecule has 2 aliphatic rings. The van der Waals surface area contributed by atoms with Gasteiger partial charge in [-0.2, -0.15) is 4.99 Å². The Kier molecular flexibility index (Phi) is 6.18. The van der Waals surface area contributed by atoms with Gasteiger partial charge in [0.1, 0.15) is 11.5 Å². The maximum Gasteiger partial charge on any atom is 0.286 e. The number of hydrogen-bond donors (Lipinski definition) is 1. The van der Waals surface area contributed by atoms with Gasteiger partial charge in [0.25, 0.3) is 5.91 Å². The topological polar surface area (TPSA) is 74.6 Å². The van der Waals surface area contributed by atoms with Crippen molar-refractivity contribution in [2.24, 2.45) is 4.99 Å². The molecule has 140 valence electrons. The van der Waals surface area contributed by atoms with Crippen molar-refractivity contribution in [3.05, 3.63) is 28.7 Å². The van der Waals surface area contributed by atoms with Gasteiger partial charge in [0, 0.05) is 38.3 Å². The number of thioether (sulfide) groups is 1. The third-order valence-corrected chi connectivity index (χ3v) is 5.44. The molecular formula is C18H23N3O4S. The minimum absolute atomic E-state index is 0.170. The van der Waals surface area contributed by atoms with Crippen molar-refractivity contribution < 1.29 is 19.4 Å². The SMILES string of the molecule is COc1ccc(OC)c(/C=C2\SC(N3CCN(CCO)CC3)=NC2=O)c1. The zero-order valence-electron chi connectivity index (χ0n) is 15.0. The molecule has 2 aliphatic heterocycles. The fraction of sp³-hybridized carbons (Fsp3) is 0.444. The first-order valence-electron chi connectivity index (χ1n) is 8.47. The van der Waals surface area contributed by atoms with E-state index in [9.17, 15) is 4.79 Å². The van der Waals surface area contributed by atoms with E-state index in [1.807, 2.05) is 18.2 Å². The minimum Gasteiger partial charge on any atom is -0.497 e. The summed E-state index contributed by atoms with van der Waals surface area (Å²) in [6, 6.07) is 5.47. The number of benzene rings is 1. The van der Waals surface area contributed by atoms with E-state index in [0.717, 1.165) is 36.9 Å². The Morgan fingerprint density at radius 2 is 2.00 bits per heavy atom. The van der Waals surface area contributed by atoms with Gasteiger partial charge in [-0.25, -0.2) is 0 Å². The van der Waals surface area contributed by atoms with Gasteiger partial charge in [-0.05, 0) is 36.0 Å². The van der Waals surface area contributed by atoms with Crippen LogP contribution in [0.1, 0.15) is 5.56 Å². The van der Waals surface area contributed by atoms with Gasteiger partial charge in [0.05, 0.1) is 25.7 Å². The van der Waals surface area contributed by atoms with Gasteiger partial charge >= 0.3 is 0 Å². The van der Waals surface area contributed by atoms with Crippen LogP contribution >= 0.6 is 11.8 Å². The maximum absolute atomic E-state index is 12.3. The van der Waals surface area contributed by atoms with E-state index in [1.165, 1.54) is 11.8 Å². The Labute approximate surface area is 157 Å². The number of amides is 1. The van der Waals surface area contributed by atoms with E-state index in [2.05, 4.69) is 14.8 Å². The lowest BCUT2D eigenvalue weighted by atomic mass is 10.1. The normalized spacial score (nSPS) is 19.8. The Morgan fingerprint density at radius 3 is 2.65 bits per heavy atom. The molecule has 1 aromatic carbocycles. The van der Waals surface area contributed by atoms with Crippen LogP contribution in [0.2, 0.25) is 0 Å². The first kappa shape index (κ1) is 18.8. The van der Waals surface area contributed by atoms with Gasteiger partial charge in [0.15, 0.2) is 5.17 Å². The highest BCUT2D eigenvalue weighted by molar-refractivity contribution is 8.18. The summed E-state index contributed by atoms with van der Waals surface area (Å²) < 4.78 is 10.6. The van der Waals surface area contributed by atoms with Crippen LogP contribution < -0.4 is 9.47 Å². The number of aliphatic hydroxyl groups excluding tert-OH is 1. The number of methoxy groups -OCH3 is 2. The summed E-state index contributed by atoms with van der Waals surface area (Å²) in [5.41, 5.74) is 0.784.